The van der Waals surface area contributed by atoms with E-state index in [0.717, 1.165) is 0 Å². The molecule has 0 aliphatic heterocycles. The second kappa shape index (κ2) is 2.89. The smallest absolute Gasteiger partial charge is 0.251 e. The Kier molecular flexibility index (Phi) is 2.41. The molecule has 4 heteroatoms. The van der Waals surface area contributed by atoms with Crippen molar-refractivity contribution in [2.75, 3.05) is 7.11 Å². The summed E-state index contributed by atoms with van der Waals surface area (Å²) in [5.41, 5.74) is 4.64. The molecule has 1 fully saturated rings. The van der Waals surface area contributed by atoms with E-state index in [1.54, 1.807) is 7.11 Å². The summed E-state index contributed by atoms with van der Waals surface area (Å²) in [7, 11) is 1.57. The van der Waals surface area contributed by atoms with Crippen molar-refractivity contribution in [2.24, 2.45) is 5.73 Å². The van der Waals surface area contributed by atoms with Crippen LogP contribution in [0.1, 0.15) is 33.1 Å². The van der Waals surface area contributed by atoms with Gasteiger partial charge in [-0.15, -0.1) is 0 Å². The lowest BCUT2D eigenvalue weighted by Gasteiger charge is -2.47. The molecule has 0 aromatic heterocycles. The molecule has 0 aromatic carbocycles. The summed E-state index contributed by atoms with van der Waals surface area (Å²) in [6.07, 6.45) is 0.0473. The number of nitrogens with two attached hydrogens (primary N) is 1. The zero-order valence-electron chi connectivity index (χ0n) is 8.36. The van der Waals surface area contributed by atoms with Gasteiger partial charge in [-0.1, -0.05) is 0 Å². The molecule has 13 heavy (non-hydrogen) atoms. The molecule has 0 saturated heterocycles. The Labute approximate surface area is 77.4 Å². The molecule has 1 saturated carbocycles. The third kappa shape index (κ3) is 2.61. The lowest BCUT2D eigenvalue weighted by atomic mass is 9.69. The Hall–Kier alpha value is -0.220. The average molecular weight is 193 g/mol. The molecule has 1 rings (SSSR count). The quantitative estimate of drug-likeness (QED) is 0.743. The SMILES string of the molecule is COC(C)(C)CC1(N)CC(F)(F)C1. The topological polar surface area (TPSA) is 35.2 Å². The molecule has 1 aliphatic carbocycles. The predicted octanol–water partition coefficient (Wildman–Crippen LogP) is 1.93. The fourth-order valence-electron chi connectivity index (χ4n) is 2.02. The molecule has 2 nitrogen and oxygen atoms in total. The number of methoxy groups -OCH3 is 1. The standard InChI is InChI=1S/C9H17F2NO/c1-7(2,13-3)4-8(12)5-9(10,11)6-8/h4-6,12H2,1-3H3. The van der Waals surface area contributed by atoms with Crippen LogP contribution >= 0.6 is 0 Å². The van der Waals surface area contributed by atoms with E-state index < -0.39 is 17.1 Å². The van der Waals surface area contributed by atoms with Gasteiger partial charge in [0.25, 0.3) is 5.92 Å². The van der Waals surface area contributed by atoms with Crippen molar-refractivity contribution < 1.29 is 13.5 Å². The van der Waals surface area contributed by atoms with Gasteiger partial charge in [0, 0.05) is 25.5 Å². The first-order valence-corrected chi connectivity index (χ1v) is 4.40. The van der Waals surface area contributed by atoms with Crippen molar-refractivity contribution >= 4 is 0 Å². The average Bonchev–Trinajstić information content (AvgIpc) is 1.80. The predicted molar refractivity (Wildman–Crippen MR) is 46.8 cm³/mol. The highest BCUT2D eigenvalue weighted by molar-refractivity contribution is 5.05. The highest BCUT2D eigenvalue weighted by Crippen LogP contribution is 2.47. The van der Waals surface area contributed by atoms with Crippen LogP contribution in [-0.4, -0.2) is 24.2 Å². The largest absolute Gasteiger partial charge is 0.379 e. The Morgan fingerprint density at radius 3 is 2.15 bits per heavy atom. The molecule has 78 valence electrons. The van der Waals surface area contributed by atoms with Gasteiger partial charge in [0.15, 0.2) is 0 Å². The Morgan fingerprint density at radius 1 is 1.38 bits per heavy atom. The number of hydrogen-bond donors (Lipinski definition) is 1. The zero-order valence-corrected chi connectivity index (χ0v) is 8.36. The number of hydrogen-bond acceptors (Lipinski definition) is 2. The van der Waals surface area contributed by atoms with Crippen LogP contribution in [0.5, 0.6) is 0 Å². The second-order valence-electron chi connectivity index (χ2n) is 4.71. The first-order chi connectivity index (χ1) is 5.68. The van der Waals surface area contributed by atoms with Gasteiger partial charge in [-0.25, -0.2) is 8.78 Å². The van der Waals surface area contributed by atoms with Gasteiger partial charge in [-0.2, -0.15) is 0 Å². The van der Waals surface area contributed by atoms with E-state index >= 15 is 0 Å². The van der Waals surface area contributed by atoms with E-state index in [2.05, 4.69) is 0 Å². The summed E-state index contributed by atoms with van der Waals surface area (Å²) in [5, 5.41) is 0. The van der Waals surface area contributed by atoms with E-state index in [9.17, 15) is 8.78 Å². The van der Waals surface area contributed by atoms with Gasteiger partial charge in [0.05, 0.1) is 5.60 Å². The Balaban J connectivity index is 2.48. The van der Waals surface area contributed by atoms with Crippen LogP contribution in [0.4, 0.5) is 8.78 Å². The summed E-state index contributed by atoms with van der Waals surface area (Å²) in [5.74, 6) is -2.56. The summed E-state index contributed by atoms with van der Waals surface area (Å²) in [4.78, 5) is 0. The summed E-state index contributed by atoms with van der Waals surface area (Å²) < 4.78 is 30.3. The molecule has 0 spiro atoms. The zero-order chi connectivity index (χ0) is 10.3. The molecule has 0 aromatic rings. The van der Waals surface area contributed by atoms with Crippen LogP contribution in [0.3, 0.4) is 0 Å². The van der Waals surface area contributed by atoms with E-state index in [1.165, 1.54) is 0 Å². The van der Waals surface area contributed by atoms with Crippen LogP contribution in [0.2, 0.25) is 0 Å². The maximum atomic E-state index is 12.6. The molecule has 1 aliphatic rings. The lowest BCUT2D eigenvalue weighted by molar-refractivity contribution is -0.142. The van der Waals surface area contributed by atoms with Crippen molar-refractivity contribution in [2.45, 2.75) is 50.2 Å². The maximum Gasteiger partial charge on any atom is 0.251 e. The van der Waals surface area contributed by atoms with Crippen molar-refractivity contribution in [1.29, 1.82) is 0 Å². The van der Waals surface area contributed by atoms with Crippen LogP contribution in [0.25, 0.3) is 0 Å². The van der Waals surface area contributed by atoms with Gasteiger partial charge >= 0.3 is 0 Å². The highest BCUT2D eigenvalue weighted by atomic mass is 19.3. The third-order valence-corrected chi connectivity index (χ3v) is 2.55. The fraction of sp³-hybridized carbons (Fsp3) is 1.00. The van der Waals surface area contributed by atoms with E-state index in [0.29, 0.717) is 6.42 Å². The molecular weight excluding hydrogens is 176 g/mol. The van der Waals surface area contributed by atoms with E-state index in [4.69, 9.17) is 10.5 Å². The molecule has 0 amide bonds. The fourth-order valence-corrected chi connectivity index (χ4v) is 2.02. The van der Waals surface area contributed by atoms with Crippen molar-refractivity contribution in [3.05, 3.63) is 0 Å². The van der Waals surface area contributed by atoms with Crippen LogP contribution in [0.15, 0.2) is 0 Å². The maximum absolute atomic E-state index is 12.6. The van der Waals surface area contributed by atoms with Crippen molar-refractivity contribution in [1.82, 2.24) is 0 Å². The van der Waals surface area contributed by atoms with Crippen molar-refractivity contribution in [3.63, 3.8) is 0 Å². The van der Waals surface area contributed by atoms with Gasteiger partial charge in [-0.3, -0.25) is 0 Å². The number of rotatable bonds is 3. The molecular formula is C9H17F2NO. The van der Waals surface area contributed by atoms with Gasteiger partial charge in [0.2, 0.25) is 0 Å². The third-order valence-electron chi connectivity index (χ3n) is 2.55. The van der Waals surface area contributed by atoms with Crippen molar-refractivity contribution in [3.8, 4) is 0 Å². The van der Waals surface area contributed by atoms with Crippen LogP contribution in [-0.2, 0) is 4.74 Å². The minimum Gasteiger partial charge on any atom is -0.379 e. The molecule has 2 N–H and O–H groups in total. The minimum atomic E-state index is -2.56. The number of halogens is 2. The van der Waals surface area contributed by atoms with Gasteiger partial charge in [0.1, 0.15) is 0 Å². The Morgan fingerprint density at radius 2 is 1.85 bits per heavy atom. The number of ether oxygens (including phenoxy) is 1. The molecule has 0 radical (unpaired) electrons. The number of alkyl halides is 2. The minimum absolute atomic E-state index is 0.215. The molecule has 0 bridgehead atoms. The lowest BCUT2D eigenvalue weighted by Crippen LogP contribution is -2.60. The van der Waals surface area contributed by atoms with E-state index in [1.807, 2.05) is 13.8 Å². The monoisotopic (exact) mass is 193 g/mol. The van der Waals surface area contributed by atoms with Crippen LogP contribution in [0, 0.1) is 0 Å². The van der Waals surface area contributed by atoms with Gasteiger partial charge < -0.3 is 10.5 Å². The first kappa shape index (κ1) is 10.9. The molecule has 0 heterocycles. The van der Waals surface area contributed by atoms with Crippen LogP contribution < -0.4 is 5.73 Å². The highest BCUT2D eigenvalue weighted by Gasteiger charge is 2.55. The second-order valence-corrected chi connectivity index (χ2v) is 4.71. The van der Waals surface area contributed by atoms with E-state index in [-0.39, 0.29) is 12.8 Å². The summed E-state index contributed by atoms with van der Waals surface area (Å²) in [6.45, 7) is 3.72. The summed E-state index contributed by atoms with van der Waals surface area (Å²) in [6, 6.07) is 0. The summed E-state index contributed by atoms with van der Waals surface area (Å²) >= 11 is 0. The first-order valence-electron chi connectivity index (χ1n) is 4.40. The normalized spacial score (nSPS) is 25.4. The molecule has 0 atom stereocenters. The molecule has 0 unspecified atom stereocenters. The van der Waals surface area contributed by atoms with Gasteiger partial charge in [-0.05, 0) is 20.3 Å². The Bertz CT molecular complexity index is 196.